The van der Waals surface area contributed by atoms with Crippen LogP contribution in [-0.2, 0) is 4.74 Å². The second-order valence-corrected chi connectivity index (χ2v) is 5.18. The number of methoxy groups -OCH3 is 1. The zero-order valence-electron chi connectivity index (χ0n) is 11.9. The van der Waals surface area contributed by atoms with Gasteiger partial charge in [0.1, 0.15) is 0 Å². The van der Waals surface area contributed by atoms with Crippen LogP contribution in [0.2, 0.25) is 0 Å². The van der Waals surface area contributed by atoms with Gasteiger partial charge in [-0.15, -0.1) is 0 Å². The van der Waals surface area contributed by atoms with Crippen LogP contribution in [0.5, 0.6) is 11.5 Å². The molecule has 106 valence electrons. The molecule has 4 heteroatoms. The molecule has 4 nitrogen and oxygen atoms in total. The number of rotatable bonds is 5. The summed E-state index contributed by atoms with van der Waals surface area (Å²) in [4.78, 5) is 2.28. The number of hydrogen-bond acceptors (Lipinski definition) is 4. The van der Waals surface area contributed by atoms with E-state index in [9.17, 15) is 5.11 Å². The third-order valence-electron chi connectivity index (χ3n) is 3.86. The standard InChI is InChI=1S/C15H23NO3/c1-11(16(2)10-13-5-4-8-19-13)12-6-7-14(17)15(9-12)18-3/h6-7,9,11,13,17H,4-5,8,10H2,1-3H3. The number of benzene rings is 1. The molecule has 0 aromatic heterocycles. The van der Waals surface area contributed by atoms with Crippen LogP contribution in [0.25, 0.3) is 0 Å². The molecule has 0 amide bonds. The van der Waals surface area contributed by atoms with Crippen molar-refractivity contribution in [1.82, 2.24) is 4.90 Å². The van der Waals surface area contributed by atoms with Crippen LogP contribution < -0.4 is 4.74 Å². The molecule has 1 heterocycles. The fourth-order valence-electron chi connectivity index (χ4n) is 2.48. The Kier molecular flexibility index (Phi) is 4.66. The van der Waals surface area contributed by atoms with Gasteiger partial charge in [0.2, 0.25) is 0 Å². The zero-order chi connectivity index (χ0) is 13.8. The molecular formula is C15H23NO3. The molecule has 0 spiro atoms. The van der Waals surface area contributed by atoms with E-state index in [-0.39, 0.29) is 11.8 Å². The van der Waals surface area contributed by atoms with Gasteiger partial charge in [0, 0.05) is 19.2 Å². The van der Waals surface area contributed by atoms with Crippen LogP contribution in [-0.4, -0.2) is 43.4 Å². The van der Waals surface area contributed by atoms with Crippen molar-refractivity contribution in [2.45, 2.75) is 31.9 Å². The van der Waals surface area contributed by atoms with Gasteiger partial charge in [-0.2, -0.15) is 0 Å². The molecule has 2 atom stereocenters. The van der Waals surface area contributed by atoms with E-state index in [1.807, 2.05) is 12.1 Å². The average molecular weight is 265 g/mol. The molecule has 1 saturated heterocycles. The Hall–Kier alpha value is -1.26. The van der Waals surface area contributed by atoms with Gasteiger partial charge in [0.05, 0.1) is 13.2 Å². The minimum Gasteiger partial charge on any atom is -0.504 e. The first-order valence-corrected chi connectivity index (χ1v) is 6.80. The molecule has 19 heavy (non-hydrogen) atoms. The molecule has 1 fully saturated rings. The Morgan fingerprint density at radius 3 is 2.95 bits per heavy atom. The minimum absolute atomic E-state index is 0.181. The van der Waals surface area contributed by atoms with Crippen molar-refractivity contribution in [3.63, 3.8) is 0 Å². The Balaban J connectivity index is 2.03. The topological polar surface area (TPSA) is 41.9 Å². The van der Waals surface area contributed by atoms with Crippen molar-refractivity contribution in [3.05, 3.63) is 23.8 Å². The maximum absolute atomic E-state index is 9.63. The lowest BCUT2D eigenvalue weighted by Crippen LogP contribution is -2.31. The van der Waals surface area contributed by atoms with Crippen molar-refractivity contribution < 1.29 is 14.6 Å². The fourth-order valence-corrected chi connectivity index (χ4v) is 2.48. The van der Waals surface area contributed by atoms with Crippen LogP contribution in [0.4, 0.5) is 0 Å². The molecule has 1 aliphatic rings. The fraction of sp³-hybridized carbons (Fsp3) is 0.600. The molecule has 1 aromatic carbocycles. The molecule has 0 saturated carbocycles. The number of nitrogens with zero attached hydrogens (tertiary/aromatic N) is 1. The second-order valence-electron chi connectivity index (χ2n) is 5.18. The van der Waals surface area contributed by atoms with Gasteiger partial charge >= 0.3 is 0 Å². The van der Waals surface area contributed by atoms with Crippen LogP contribution in [0.3, 0.4) is 0 Å². The number of ether oxygens (including phenoxy) is 2. The maximum atomic E-state index is 9.63. The van der Waals surface area contributed by atoms with E-state index in [0.717, 1.165) is 25.1 Å². The van der Waals surface area contributed by atoms with Crippen LogP contribution in [0.1, 0.15) is 31.4 Å². The summed E-state index contributed by atoms with van der Waals surface area (Å²) in [6.07, 6.45) is 2.67. The Morgan fingerprint density at radius 2 is 2.32 bits per heavy atom. The quantitative estimate of drug-likeness (QED) is 0.888. The van der Waals surface area contributed by atoms with Crippen LogP contribution in [0.15, 0.2) is 18.2 Å². The number of phenols is 1. The molecule has 0 radical (unpaired) electrons. The van der Waals surface area contributed by atoms with Crippen LogP contribution >= 0.6 is 0 Å². The predicted octanol–water partition coefficient (Wildman–Crippen LogP) is 2.57. The first kappa shape index (κ1) is 14.2. The highest BCUT2D eigenvalue weighted by Gasteiger charge is 2.21. The van der Waals surface area contributed by atoms with Gasteiger partial charge in [-0.25, -0.2) is 0 Å². The first-order valence-electron chi connectivity index (χ1n) is 6.80. The molecule has 1 aliphatic heterocycles. The summed E-state index contributed by atoms with van der Waals surface area (Å²) in [5.74, 6) is 0.704. The monoisotopic (exact) mass is 265 g/mol. The normalized spacial score (nSPS) is 20.7. The van der Waals surface area contributed by atoms with Gasteiger partial charge in [0.25, 0.3) is 0 Å². The van der Waals surface area contributed by atoms with E-state index in [1.54, 1.807) is 13.2 Å². The summed E-state index contributed by atoms with van der Waals surface area (Å²) in [7, 11) is 3.67. The predicted molar refractivity (Wildman–Crippen MR) is 74.7 cm³/mol. The van der Waals surface area contributed by atoms with Crippen molar-refractivity contribution in [2.75, 3.05) is 27.3 Å². The highest BCUT2D eigenvalue weighted by Crippen LogP contribution is 2.30. The summed E-state index contributed by atoms with van der Waals surface area (Å²) in [5, 5.41) is 9.63. The Labute approximate surface area is 114 Å². The van der Waals surface area contributed by atoms with E-state index in [2.05, 4.69) is 18.9 Å². The highest BCUT2D eigenvalue weighted by atomic mass is 16.5. The van der Waals surface area contributed by atoms with Crippen molar-refractivity contribution >= 4 is 0 Å². The number of likely N-dealkylation sites (N-methyl/N-ethyl adjacent to an activating group) is 1. The van der Waals surface area contributed by atoms with Crippen molar-refractivity contribution in [3.8, 4) is 11.5 Å². The molecule has 0 bridgehead atoms. The van der Waals surface area contributed by atoms with Gasteiger partial charge in [-0.1, -0.05) is 6.07 Å². The van der Waals surface area contributed by atoms with E-state index in [0.29, 0.717) is 11.9 Å². The third kappa shape index (κ3) is 3.39. The summed E-state index contributed by atoms with van der Waals surface area (Å²) in [5.41, 5.74) is 1.13. The van der Waals surface area contributed by atoms with Crippen LogP contribution in [0, 0.1) is 0 Å². The number of phenolic OH excluding ortho intramolecular Hbond substituents is 1. The Bertz CT molecular complexity index is 416. The Morgan fingerprint density at radius 1 is 1.53 bits per heavy atom. The van der Waals surface area contributed by atoms with Gasteiger partial charge < -0.3 is 14.6 Å². The third-order valence-corrected chi connectivity index (χ3v) is 3.86. The van der Waals surface area contributed by atoms with E-state index in [4.69, 9.17) is 9.47 Å². The van der Waals surface area contributed by atoms with Gasteiger partial charge in [-0.05, 0) is 44.5 Å². The first-order chi connectivity index (χ1) is 9.11. The van der Waals surface area contributed by atoms with E-state index < -0.39 is 0 Å². The lowest BCUT2D eigenvalue weighted by molar-refractivity contribution is 0.0703. The van der Waals surface area contributed by atoms with Gasteiger partial charge in [-0.3, -0.25) is 4.90 Å². The van der Waals surface area contributed by atoms with Crippen molar-refractivity contribution in [1.29, 1.82) is 0 Å². The molecule has 0 aliphatic carbocycles. The number of hydrogen-bond donors (Lipinski definition) is 1. The maximum Gasteiger partial charge on any atom is 0.160 e. The van der Waals surface area contributed by atoms with Gasteiger partial charge in [0.15, 0.2) is 11.5 Å². The summed E-state index contributed by atoms with van der Waals surface area (Å²) in [6.45, 7) is 3.98. The van der Waals surface area contributed by atoms with E-state index >= 15 is 0 Å². The molecule has 1 aromatic rings. The number of aromatic hydroxyl groups is 1. The summed E-state index contributed by atoms with van der Waals surface area (Å²) in [6, 6.07) is 5.78. The molecule has 2 unspecified atom stereocenters. The highest BCUT2D eigenvalue weighted by molar-refractivity contribution is 5.42. The van der Waals surface area contributed by atoms with E-state index in [1.165, 1.54) is 6.42 Å². The molecule has 2 rings (SSSR count). The summed E-state index contributed by atoms with van der Waals surface area (Å²) < 4.78 is 10.8. The smallest absolute Gasteiger partial charge is 0.160 e. The lowest BCUT2D eigenvalue weighted by Gasteiger charge is -2.27. The van der Waals surface area contributed by atoms with Crippen molar-refractivity contribution in [2.24, 2.45) is 0 Å². The SMILES string of the molecule is COc1cc(C(C)N(C)CC2CCCO2)ccc1O. The molecule has 1 N–H and O–H groups in total. The second kappa shape index (κ2) is 6.26. The zero-order valence-corrected chi connectivity index (χ0v) is 11.9. The lowest BCUT2D eigenvalue weighted by atomic mass is 10.1. The average Bonchev–Trinajstić information content (AvgIpc) is 2.91. The largest absolute Gasteiger partial charge is 0.504 e. The minimum atomic E-state index is 0.181. The molecular weight excluding hydrogens is 242 g/mol. The summed E-state index contributed by atoms with van der Waals surface area (Å²) >= 11 is 0.